The van der Waals surface area contributed by atoms with E-state index in [0.29, 0.717) is 17.7 Å². The molecule has 2 N–H and O–H groups in total. The summed E-state index contributed by atoms with van der Waals surface area (Å²) >= 11 is 0. The molecule has 0 aliphatic rings. The van der Waals surface area contributed by atoms with Crippen molar-refractivity contribution in [3.8, 4) is 0 Å². The molecule has 0 heterocycles. The van der Waals surface area contributed by atoms with Gasteiger partial charge in [-0.1, -0.05) is 12.1 Å². The first kappa shape index (κ1) is 16.4. The Hall–Kier alpha value is -2.63. The zero-order valence-corrected chi connectivity index (χ0v) is 12.0. The molecule has 112 valence electrons. The lowest BCUT2D eigenvalue weighted by Gasteiger charge is -2.14. The van der Waals surface area contributed by atoms with E-state index in [9.17, 15) is 14.4 Å². The van der Waals surface area contributed by atoms with Gasteiger partial charge in [0.2, 0.25) is 5.91 Å². The van der Waals surface area contributed by atoms with Crippen molar-refractivity contribution in [2.75, 3.05) is 20.1 Å². The maximum absolute atomic E-state index is 11.8. The third-order valence-electron chi connectivity index (χ3n) is 2.89. The number of amides is 2. The number of carbonyl (C=O) groups excluding carboxylic acids is 2. The number of hydrogen-bond acceptors (Lipinski definition) is 3. The highest BCUT2D eigenvalue weighted by Crippen LogP contribution is 2.06. The zero-order valence-electron chi connectivity index (χ0n) is 12.0. The number of hydrogen-bond donors (Lipinski definition) is 2. The van der Waals surface area contributed by atoms with Crippen LogP contribution in [0.15, 0.2) is 30.3 Å². The average molecular weight is 290 g/mol. The third-order valence-corrected chi connectivity index (χ3v) is 2.89. The second-order valence-corrected chi connectivity index (χ2v) is 4.38. The van der Waals surface area contributed by atoms with E-state index in [1.165, 1.54) is 11.0 Å². The van der Waals surface area contributed by atoms with Gasteiger partial charge in [0, 0.05) is 25.2 Å². The predicted molar refractivity (Wildman–Crippen MR) is 78.8 cm³/mol. The van der Waals surface area contributed by atoms with Crippen molar-refractivity contribution < 1.29 is 19.5 Å². The highest BCUT2D eigenvalue weighted by atomic mass is 16.4. The molecule has 21 heavy (non-hydrogen) atoms. The molecule has 1 aromatic rings. The summed E-state index contributed by atoms with van der Waals surface area (Å²) in [5, 5.41) is 11.1. The summed E-state index contributed by atoms with van der Waals surface area (Å²) in [6, 6.07) is 6.42. The first-order valence-electron chi connectivity index (χ1n) is 6.47. The van der Waals surface area contributed by atoms with Crippen molar-refractivity contribution >= 4 is 23.9 Å². The van der Waals surface area contributed by atoms with Gasteiger partial charge < -0.3 is 15.3 Å². The largest absolute Gasteiger partial charge is 0.478 e. The molecule has 6 heteroatoms. The molecule has 0 fully saturated rings. The van der Waals surface area contributed by atoms with Gasteiger partial charge in [-0.25, -0.2) is 4.79 Å². The number of aliphatic carboxylic acids is 1. The normalized spacial score (nSPS) is 10.4. The maximum Gasteiger partial charge on any atom is 0.328 e. The summed E-state index contributed by atoms with van der Waals surface area (Å²) in [7, 11) is 1.66. The molecule has 0 aliphatic heterocycles. The van der Waals surface area contributed by atoms with Gasteiger partial charge in [0.1, 0.15) is 0 Å². The van der Waals surface area contributed by atoms with Crippen LogP contribution in [0.3, 0.4) is 0 Å². The van der Waals surface area contributed by atoms with Crippen LogP contribution in [0.25, 0.3) is 6.08 Å². The van der Waals surface area contributed by atoms with Gasteiger partial charge in [-0.3, -0.25) is 9.59 Å². The van der Waals surface area contributed by atoms with Crippen molar-refractivity contribution in [1.82, 2.24) is 10.2 Å². The minimum atomic E-state index is -1.03. The van der Waals surface area contributed by atoms with E-state index < -0.39 is 5.97 Å². The first-order valence-corrected chi connectivity index (χ1v) is 6.47. The van der Waals surface area contributed by atoms with Crippen molar-refractivity contribution in [1.29, 1.82) is 0 Å². The van der Waals surface area contributed by atoms with Gasteiger partial charge >= 0.3 is 5.97 Å². The maximum atomic E-state index is 11.8. The molecule has 0 bridgehead atoms. The van der Waals surface area contributed by atoms with E-state index in [1.807, 2.05) is 6.92 Å². The summed E-state index contributed by atoms with van der Waals surface area (Å²) < 4.78 is 0. The van der Waals surface area contributed by atoms with Crippen molar-refractivity contribution in [3.63, 3.8) is 0 Å². The molecule has 0 aromatic heterocycles. The van der Waals surface area contributed by atoms with Crippen LogP contribution in [-0.4, -0.2) is 47.9 Å². The molecule has 0 saturated heterocycles. The molecule has 0 aliphatic carbocycles. The second-order valence-electron chi connectivity index (χ2n) is 4.38. The number of rotatable bonds is 6. The molecule has 1 rings (SSSR count). The Bertz CT molecular complexity index is 549. The Labute approximate surface area is 123 Å². The van der Waals surface area contributed by atoms with Crippen molar-refractivity contribution in [2.24, 2.45) is 0 Å². The van der Waals surface area contributed by atoms with E-state index in [2.05, 4.69) is 5.32 Å². The standard InChI is InChI=1S/C15H18N2O4/c1-3-17(2)13(18)10-16-15(21)12-7-4-11(5-8-12)6-9-14(19)20/h4-9H,3,10H2,1-2H3,(H,16,21)(H,19,20)/b9-6+. The number of carboxylic acid groups (broad SMARTS) is 1. The molecule has 0 saturated carbocycles. The summed E-state index contributed by atoms with van der Waals surface area (Å²) in [5.74, 6) is -1.54. The number of nitrogens with one attached hydrogen (secondary N) is 1. The molecule has 0 spiro atoms. The summed E-state index contributed by atoms with van der Waals surface area (Å²) in [5.41, 5.74) is 1.09. The monoisotopic (exact) mass is 290 g/mol. The first-order chi connectivity index (χ1) is 9.93. The SMILES string of the molecule is CCN(C)C(=O)CNC(=O)c1ccc(/C=C/C(=O)O)cc1. The molecule has 1 aromatic carbocycles. The third kappa shape index (κ3) is 5.48. The van der Waals surface area contributed by atoms with Gasteiger partial charge in [0.25, 0.3) is 5.91 Å². The lowest BCUT2D eigenvalue weighted by atomic mass is 10.1. The number of carbonyl (C=O) groups is 3. The number of benzene rings is 1. The zero-order chi connectivity index (χ0) is 15.8. The van der Waals surface area contributed by atoms with Crippen LogP contribution in [-0.2, 0) is 9.59 Å². The van der Waals surface area contributed by atoms with Gasteiger partial charge in [-0.05, 0) is 30.7 Å². The van der Waals surface area contributed by atoms with Crippen LogP contribution in [0.1, 0.15) is 22.8 Å². The Morgan fingerprint density at radius 3 is 2.38 bits per heavy atom. The van der Waals surface area contributed by atoms with Crippen LogP contribution in [0.2, 0.25) is 0 Å². The highest BCUT2D eigenvalue weighted by molar-refractivity contribution is 5.96. The minimum absolute atomic E-state index is 0.0517. The van der Waals surface area contributed by atoms with Gasteiger partial charge in [0.15, 0.2) is 0 Å². The Kier molecular flexibility index (Phi) is 6.13. The van der Waals surface area contributed by atoms with Crippen molar-refractivity contribution in [3.05, 3.63) is 41.5 Å². The Morgan fingerprint density at radius 1 is 1.24 bits per heavy atom. The lowest BCUT2D eigenvalue weighted by molar-refractivity contribution is -0.131. The lowest BCUT2D eigenvalue weighted by Crippen LogP contribution is -2.37. The molecule has 0 radical (unpaired) electrons. The molecule has 0 atom stereocenters. The average Bonchev–Trinajstić information content (AvgIpc) is 2.49. The van der Waals surface area contributed by atoms with Gasteiger partial charge in [-0.15, -0.1) is 0 Å². The molecule has 6 nitrogen and oxygen atoms in total. The quantitative estimate of drug-likeness (QED) is 0.765. The summed E-state index contributed by atoms with van der Waals surface area (Å²) in [4.78, 5) is 35.3. The topological polar surface area (TPSA) is 86.7 Å². The second kappa shape index (κ2) is 7.84. The molecule has 0 unspecified atom stereocenters. The van der Waals surface area contributed by atoms with E-state index in [1.54, 1.807) is 31.3 Å². The number of carboxylic acids is 1. The van der Waals surface area contributed by atoms with Crippen molar-refractivity contribution in [2.45, 2.75) is 6.92 Å². The van der Waals surface area contributed by atoms with E-state index in [4.69, 9.17) is 5.11 Å². The van der Waals surface area contributed by atoms with E-state index in [-0.39, 0.29) is 18.4 Å². The molecular formula is C15H18N2O4. The van der Waals surface area contributed by atoms with Gasteiger partial charge in [0.05, 0.1) is 6.54 Å². The fourth-order valence-electron chi connectivity index (χ4n) is 1.48. The van der Waals surface area contributed by atoms with Crippen LogP contribution >= 0.6 is 0 Å². The fraction of sp³-hybridized carbons (Fsp3) is 0.267. The highest BCUT2D eigenvalue weighted by Gasteiger charge is 2.10. The number of nitrogens with zero attached hydrogens (tertiary/aromatic N) is 1. The van der Waals surface area contributed by atoms with E-state index in [0.717, 1.165) is 6.08 Å². The van der Waals surface area contributed by atoms with Crippen LogP contribution < -0.4 is 5.32 Å². The van der Waals surface area contributed by atoms with E-state index >= 15 is 0 Å². The predicted octanol–water partition coefficient (Wildman–Crippen LogP) is 0.992. The summed E-state index contributed by atoms with van der Waals surface area (Å²) in [6.45, 7) is 2.38. The molecular weight excluding hydrogens is 272 g/mol. The van der Waals surface area contributed by atoms with Crippen LogP contribution in [0.4, 0.5) is 0 Å². The van der Waals surface area contributed by atoms with Crippen LogP contribution in [0, 0.1) is 0 Å². The smallest absolute Gasteiger partial charge is 0.328 e. The van der Waals surface area contributed by atoms with Crippen LogP contribution in [0.5, 0.6) is 0 Å². The van der Waals surface area contributed by atoms with Gasteiger partial charge in [-0.2, -0.15) is 0 Å². The fourth-order valence-corrected chi connectivity index (χ4v) is 1.48. The summed E-state index contributed by atoms with van der Waals surface area (Å²) in [6.07, 6.45) is 2.46. The Balaban J connectivity index is 2.59. The number of likely N-dealkylation sites (N-methyl/N-ethyl adjacent to an activating group) is 1. The molecule has 2 amide bonds. The minimum Gasteiger partial charge on any atom is -0.478 e. The Morgan fingerprint density at radius 2 is 1.86 bits per heavy atom.